The first-order valence-corrected chi connectivity index (χ1v) is 17.4. The number of hydrogen-bond donors (Lipinski definition) is 3. The molecule has 6 rings (SSSR count). The number of nitrogens with two attached hydrogens (primary N) is 1. The molecule has 0 radical (unpaired) electrons. The van der Waals surface area contributed by atoms with Crippen LogP contribution in [0.2, 0.25) is 0 Å². The maximum absolute atomic E-state index is 14.4. The van der Waals surface area contributed by atoms with Gasteiger partial charge in [0, 0.05) is 24.2 Å². The van der Waals surface area contributed by atoms with Crippen LogP contribution in [0.5, 0.6) is 5.75 Å². The fourth-order valence-electron chi connectivity index (χ4n) is 6.03. The van der Waals surface area contributed by atoms with Crippen molar-refractivity contribution < 1.29 is 14.7 Å². The molecule has 0 spiro atoms. The smallest absolute Gasteiger partial charge is 0.345 e. The van der Waals surface area contributed by atoms with E-state index in [4.69, 9.17) is 10.8 Å². The van der Waals surface area contributed by atoms with Crippen molar-refractivity contribution in [1.82, 2.24) is 10.3 Å². The average Bonchev–Trinajstić information content (AvgIpc) is 3.27. The largest absolute Gasteiger partial charge is 0.508 e. The van der Waals surface area contributed by atoms with Crippen molar-refractivity contribution >= 4 is 41.8 Å². The lowest BCUT2D eigenvalue weighted by molar-refractivity contribution is 0.0953. The van der Waals surface area contributed by atoms with Crippen molar-refractivity contribution in [1.29, 1.82) is 0 Å². The van der Waals surface area contributed by atoms with E-state index in [1.807, 2.05) is 78.9 Å². The van der Waals surface area contributed by atoms with E-state index in [-0.39, 0.29) is 36.6 Å². The number of hydrazone groups is 1. The van der Waals surface area contributed by atoms with Gasteiger partial charge in [0.25, 0.3) is 5.91 Å². The van der Waals surface area contributed by atoms with Crippen LogP contribution < -0.4 is 16.0 Å². The number of amides is 3. The van der Waals surface area contributed by atoms with Crippen molar-refractivity contribution in [3.05, 3.63) is 161 Å². The number of carbonyl (C=O) groups excluding carboxylic acids is 2. The summed E-state index contributed by atoms with van der Waals surface area (Å²) in [5.41, 5.74) is 13.4. The summed E-state index contributed by atoms with van der Waals surface area (Å²) in [5, 5.41) is 19.2. The van der Waals surface area contributed by atoms with E-state index >= 15 is 0 Å². The van der Waals surface area contributed by atoms with Gasteiger partial charge in [-0.2, -0.15) is 5.10 Å². The number of halogens is 1. The summed E-state index contributed by atoms with van der Waals surface area (Å²) in [6.07, 6.45) is 6.88. The molecular weight excluding hydrogens is 670 g/mol. The number of allylic oxidation sites excluding steroid dienone is 1. The van der Waals surface area contributed by atoms with Crippen molar-refractivity contribution in [2.45, 2.75) is 32.2 Å². The maximum atomic E-state index is 14.4. The van der Waals surface area contributed by atoms with Crippen LogP contribution in [0.3, 0.4) is 0 Å². The van der Waals surface area contributed by atoms with Gasteiger partial charge in [0.2, 0.25) is 0 Å². The zero-order chi connectivity index (χ0) is 35.4. The van der Waals surface area contributed by atoms with Crippen LogP contribution in [0, 0.1) is 0 Å². The van der Waals surface area contributed by atoms with Crippen LogP contribution in [0.4, 0.5) is 10.5 Å². The summed E-state index contributed by atoms with van der Waals surface area (Å²) < 4.78 is 0. The molecule has 0 bridgehead atoms. The molecule has 0 fully saturated rings. The van der Waals surface area contributed by atoms with Crippen LogP contribution in [-0.2, 0) is 13.0 Å². The Bertz CT molecular complexity index is 1980. The van der Waals surface area contributed by atoms with E-state index in [2.05, 4.69) is 41.7 Å². The summed E-state index contributed by atoms with van der Waals surface area (Å²) in [6.45, 7) is 1.71. The molecule has 5 aromatic rings. The third-order valence-electron chi connectivity index (χ3n) is 8.83. The van der Waals surface area contributed by atoms with Gasteiger partial charge in [-0.3, -0.25) is 9.69 Å². The number of rotatable bonds is 14. The molecule has 1 aliphatic rings. The molecule has 0 unspecified atom stereocenters. The lowest BCUT2D eigenvalue weighted by Crippen LogP contribution is -2.40. The minimum absolute atomic E-state index is 0. The number of phenolic OH excluding ortho intramolecular Hbond substituents is 1. The summed E-state index contributed by atoms with van der Waals surface area (Å²) >= 11 is 0. The monoisotopic (exact) mass is 713 g/mol. The van der Waals surface area contributed by atoms with Crippen molar-refractivity contribution in [3.8, 4) is 16.9 Å². The van der Waals surface area contributed by atoms with Gasteiger partial charge < -0.3 is 16.2 Å². The molecule has 0 saturated heterocycles. The van der Waals surface area contributed by atoms with Gasteiger partial charge in [0.1, 0.15) is 5.75 Å². The highest BCUT2D eigenvalue weighted by Crippen LogP contribution is 2.31. The lowest BCUT2D eigenvalue weighted by Gasteiger charge is -2.27. The number of unbranched alkanes of at least 4 members (excludes halogenated alkanes) is 1. The Morgan fingerprint density at radius 1 is 0.769 bits per heavy atom. The Morgan fingerprint density at radius 3 is 2.17 bits per heavy atom. The fraction of sp³-hybridized carbons (Fsp3) is 0.186. The topological polar surface area (TPSA) is 111 Å². The molecule has 5 aromatic carbocycles. The standard InChI is InChI=1S/C43H43N5O3.ClH/c44-27-7-8-29-48-43(51)47(31-34-15-20-36(21-16-34)35-13-5-2-6-14-35)41-30-37(42(50)45-28-9-12-32-10-3-1-4-11-32)22-25-39(41)40(46-48)26-19-33-17-23-38(49)24-18-33;/h1-6,10-11,13-26,30,49H,7-9,12,27-29,31,44H2,(H,45,50);1H/b26-19+;. The van der Waals surface area contributed by atoms with E-state index in [1.54, 1.807) is 29.2 Å². The minimum Gasteiger partial charge on any atom is -0.508 e. The van der Waals surface area contributed by atoms with Crippen LogP contribution in [0.1, 0.15) is 51.9 Å². The third kappa shape index (κ3) is 9.75. The maximum Gasteiger partial charge on any atom is 0.345 e. The van der Waals surface area contributed by atoms with Crippen LogP contribution >= 0.6 is 12.4 Å². The van der Waals surface area contributed by atoms with Gasteiger partial charge in [-0.05, 0) is 96.5 Å². The predicted molar refractivity (Wildman–Crippen MR) is 213 cm³/mol. The summed E-state index contributed by atoms with van der Waals surface area (Å²) in [7, 11) is 0. The number of aryl methyl sites for hydroxylation is 1. The molecule has 266 valence electrons. The second-order valence-electron chi connectivity index (χ2n) is 12.5. The molecule has 3 amide bonds. The zero-order valence-electron chi connectivity index (χ0n) is 29.0. The van der Waals surface area contributed by atoms with Crippen LogP contribution in [-0.4, -0.2) is 47.4 Å². The summed E-state index contributed by atoms with van der Waals surface area (Å²) in [4.78, 5) is 29.7. The van der Waals surface area contributed by atoms with Gasteiger partial charge in [-0.25, -0.2) is 9.80 Å². The Balaban J connectivity index is 0.00000523. The van der Waals surface area contributed by atoms with Gasteiger partial charge >= 0.3 is 6.03 Å². The molecule has 9 heteroatoms. The molecule has 8 nitrogen and oxygen atoms in total. The van der Waals surface area contributed by atoms with Crippen LogP contribution in [0.25, 0.3) is 17.2 Å². The first-order chi connectivity index (χ1) is 25.0. The molecule has 4 N–H and O–H groups in total. The molecule has 0 aromatic heterocycles. The number of benzene rings is 5. The Labute approximate surface area is 311 Å². The van der Waals surface area contributed by atoms with Crippen LogP contribution in [0.15, 0.2) is 139 Å². The second-order valence-corrected chi connectivity index (χ2v) is 12.5. The second kappa shape index (κ2) is 18.5. The number of anilines is 1. The van der Waals surface area contributed by atoms with E-state index in [0.717, 1.165) is 47.1 Å². The van der Waals surface area contributed by atoms with E-state index in [9.17, 15) is 14.7 Å². The number of phenols is 1. The molecule has 0 saturated carbocycles. The normalized spacial score (nSPS) is 12.6. The fourth-order valence-corrected chi connectivity index (χ4v) is 6.03. The Kier molecular flexibility index (Phi) is 13.4. The molecular formula is C43H44ClN5O3. The minimum atomic E-state index is -0.283. The zero-order valence-corrected chi connectivity index (χ0v) is 29.8. The van der Waals surface area contributed by atoms with Gasteiger partial charge in [0.15, 0.2) is 0 Å². The van der Waals surface area contributed by atoms with Gasteiger partial charge in [0.05, 0.1) is 17.9 Å². The molecule has 0 aliphatic carbocycles. The number of carbonyl (C=O) groups is 2. The first-order valence-electron chi connectivity index (χ1n) is 17.4. The lowest BCUT2D eigenvalue weighted by atomic mass is 10.0. The number of fused-ring (bicyclic) bond motifs is 1. The number of nitrogens with zero attached hydrogens (tertiary/aromatic N) is 3. The Morgan fingerprint density at radius 2 is 1.46 bits per heavy atom. The van der Waals surface area contributed by atoms with Crippen molar-refractivity contribution in [2.24, 2.45) is 10.8 Å². The predicted octanol–water partition coefficient (Wildman–Crippen LogP) is 8.44. The summed E-state index contributed by atoms with van der Waals surface area (Å²) in [6, 6.07) is 40.6. The highest BCUT2D eigenvalue weighted by molar-refractivity contribution is 6.17. The van der Waals surface area contributed by atoms with E-state index in [0.29, 0.717) is 43.0 Å². The third-order valence-corrected chi connectivity index (χ3v) is 8.83. The highest BCUT2D eigenvalue weighted by Gasteiger charge is 2.30. The number of nitrogens with one attached hydrogen (secondary N) is 1. The van der Waals surface area contributed by atoms with Gasteiger partial charge in [-0.15, -0.1) is 12.4 Å². The molecule has 1 heterocycles. The molecule has 52 heavy (non-hydrogen) atoms. The Hall–Kier alpha value is -5.70. The SMILES string of the molecule is Cl.NCCCCN1N=C(/C=C/c2ccc(O)cc2)c2ccc(C(=O)NCCCc3ccccc3)cc2N(Cc2ccc(-c3ccccc3)cc2)C1=O. The highest BCUT2D eigenvalue weighted by atomic mass is 35.5. The summed E-state index contributed by atoms with van der Waals surface area (Å²) in [5.74, 6) is -0.0214. The van der Waals surface area contributed by atoms with Crippen molar-refractivity contribution in [2.75, 3.05) is 24.5 Å². The quantitative estimate of drug-likeness (QED) is 0.100. The average molecular weight is 714 g/mol. The van der Waals surface area contributed by atoms with E-state index in [1.165, 1.54) is 10.6 Å². The number of urea groups is 1. The first kappa shape index (κ1) is 37.6. The van der Waals surface area contributed by atoms with Crippen molar-refractivity contribution in [3.63, 3.8) is 0 Å². The van der Waals surface area contributed by atoms with E-state index < -0.39 is 0 Å². The molecule has 0 atom stereocenters. The number of hydrogen-bond acceptors (Lipinski definition) is 5. The van der Waals surface area contributed by atoms with Gasteiger partial charge in [-0.1, -0.05) is 103 Å². The number of aromatic hydroxyl groups is 1. The molecule has 1 aliphatic heterocycles.